The predicted molar refractivity (Wildman–Crippen MR) is 54.5 cm³/mol. The lowest BCUT2D eigenvalue weighted by Gasteiger charge is -2.35. The van der Waals surface area contributed by atoms with Gasteiger partial charge in [0.2, 0.25) is 5.91 Å². The van der Waals surface area contributed by atoms with Gasteiger partial charge in [-0.2, -0.15) is 0 Å². The fraction of sp³-hybridized carbons (Fsp3) is 0.778. The minimum absolute atomic E-state index is 0.0708. The van der Waals surface area contributed by atoms with E-state index < -0.39 is 5.60 Å². The maximum absolute atomic E-state index is 11.6. The molecule has 0 atom stereocenters. The van der Waals surface area contributed by atoms with E-state index in [1.807, 2.05) is 0 Å². The third kappa shape index (κ3) is 3.39. The van der Waals surface area contributed by atoms with Crippen LogP contribution in [0, 0.1) is 0 Å². The molecule has 0 aromatic heterocycles. The molecule has 0 aliphatic carbocycles. The number of rotatable bonds is 2. The lowest BCUT2D eigenvalue weighted by molar-refractivity contribution is -0.133. The Hall–Kier alpha value is -1.30. The van der Waals surface area contributed by atoms with Crippen molar-refractivity contribution in [2.75, 3.05) is 13.1 Å². The zero-order chi connectivity index (χ0) is 11.5. The monoisotopic (exact) mass is 215 g/mol. The van der Waals surface area contributed by atoms with Gasteiger partial charge in [0, 0.05) is 13.1 Å². The first kappa shape index (κ1) is 11.8. The summed E-state index contributed by atoms with van der Waals surface area (Å²) in [4.78, 5) is 13.2. The summed E-state index contributed by atoms with van der Waals surface area (Å²) in [5.74, 6) is -0.252. The van der Waals surface area contributed by atoms with Crippen LogP contribution in [0.1, 0.15) is 26.2 Å². The van der Waals surface area contributed by atoms with Gasteiger partial charge in [-0.3, -0.25) is 4.79 Å². The highest BCUT2D eigenvalue weighted by Crippen LogP contribution is 2.21. The molecule has 1 amide bonds. The quantitative estimate of drug-likeness (QED) is 0.250. The fourth-order valence-corrected chi connectivity index (χ4v) is 1.54. The van der Waals surface area contributed by atoms with Gasteiger partial charge < -0.3 is 20.9 Å². The minimum Gasteiger partial charge on any atom is -0.409 e. The van der Waals surface area contributed by atoms with E-state index in [2.05, 4.69) is 5.16 Å². The molecule has 1 saturated heterocycles. The first-order valence-electron chi connectivity index (χ1n) is 4.91. The van der Waals surface area contributed by atoms with E-state index in [9.17, 15) is 9.90 Å². The molecule has 86 valence electrons. The fourth-order valence-electron chi connectivity index (χ4n) is 1.54. The lowest BCUT2D eigenvalue weighted by atomic mass is 9.94. The lowest BCUT2D eigenvalue weighted by Crippen LogP contribution is -2.45. The Morgan fingerprint density at radius 3 is 2.53 bits per heavy atom. The normalized spacial score (nSPS) is 21.5. The Labute approximate surface area is 88.4 Å². The highest BCUT2D eigenvalue weighted by Gasteiger charge is 2.29. The first-order chi connectivity index (χ1) is 6.94. The Bertz CT molecular complexity index is 266. The highest BCUT2D eigenvalue weighted by molar-refractivity contribution is 5.98. The predicted octanol–water partition coefficient (Wildman–Crippen LogP) is -0.504. The number of likely N-dealkylation sites (tertiary alicyclic amines) is 1. The van der Waals surface area contributed by atoms with E-state index >= 15 is 0 Å². The van der Waals surface area contributed by atoms with Crippen LogP contribution in [0.3, 0.4) is 0 Å². The second-order valence-corrected chi connectivity index (χ2v) is 4.15. The Morgan fingerprint density at radius 2 is 2.07 bits per heavy atom. The molecule has 4 N–H and O–H groups in total. The average Bonchev–Trinajstić information content (AvgIpc) is 2.17. The highest BCUT2D eigenvalue weighted by atomic mass is 16.4. The van der Waals surface area contributed by atoms with Gasteiger partial charge in [-0.05, 0) is 19.8 Å². The van der Waals surface area contributed by atoms with Gasteiger partial charge in [-0.1, -0.05) is 5.16 Å². The number of nitrogens with zero attached hydrogens (tertiary/aromatic N) is 2. The Kier molecular flexibility index (Phi) is 3.52. The summed E-state index contributed by atoms with van der Waals surface area (Å²) < 4.78 is 0. The van der Waals surface area contributed by atoms with Crippen LogP contribution in [-0.2, 0) is 4.79 Å². The van der Waals surface area contributed by atoms with E-state index in [-0.39, 0.29) is 18.2 Å². The van der Waals surface area contributed by atoms with E-state index in [0.29, 0.717) is 25.9 Å². The van der Waals surface area contributed by atoms with Crippen molar-refractivity contribution in [3.8, 4) is 0 Å². The third-order valence-electron chi connectivity index (χ3n) is 2.65. The van der Waals surface area contributed by atoms with Crippen molar-refractivity contribution in [3.63, 3.8) is 0 Å². The molecule has 0 unspecified atom stereocenters. The number of piperidine rings is 1. The van der Waals surface area contributed by atoms with Crippen LogP contribution in [0.15, 0.2) is 5.16 Å². The number of aliphatic hydroxyl groups is 1. The summed E-state index contributed by atoms with van der Waals surface area (Å²) in [6, 6.07) is 0. The molecule has 0 saturated carbocycles. The topological polar surface area (TPSA) is 99.2 Å². The van der Waals surface area contributed by atoms with E-state index in [1.165, 1.54) is 0 Å². The standard InChI is InChI=1S/C9H17N3O3/c1-9(14)2-4-12(5-3-9)8(13)6-7(10)11-15/h14-15H,2-6H2,1H3,(H2,10,11). The average molecular weight is 215 g/mol. The molecule has 0 spiro atoms. The summed E-state index contributed by atoms with van der Waals surface area (Å²) in [6.07, 6.45) is 1.06. The smallest absolute Gasteiger partial charge is 0.230 e. The van der Waals surface area contributed by atoms with Crippen molar-refractivity contribution in [2.24, 2.45) is 10.9 Å². The number of amidine groups is 1. The van der Waals surface area contributed by atoms with E-state index in [1.54, 1.807) is 11.8 Å². The summed E-state index contributed by atoms with van der Waals surface area (Å²) in [7, 11) is 0. The number of hydrogen-bond acceptors (Lipinski definition) is 4. The van der Waals surface area contributed by atoms with E-state index in [4.69, 9.17) is 10.9 Å². The molecule has 6 heteroatoms. The number of hydrogen-bond donors (Lipinski definition) is 3. The number of oxime groups is 1. The molecular formula is C9H17N3O3. The zero-order valence-electron chi connectivity index (χ0n) is 8.81. The molecule has 1 aliphatic heterocycles. The number of carbonyl (C=O) groups excluding carboxylic acids is 1. The zero-order valence-corrected chi connectivity index (χ0v) is 8.81. The number of nitrogens with two attached hydrogens (primary N) is 1. The summed E-state index contributed by atoms with van der Waals surface area (Å²) in [5.41, 5.74) is 4.56. The minimum atomic E-state index is -0.673. The van der Waals surface area contributed by atoms with Crippen LogP contribution in [-0.4, -0.2) is 45.6 Å². The second-order valence-electron chi connectivity index (χ2n) is 4.15. The van der Waals surface area contributed by atoms with Crippen LogP contribution in [0.5, 0.6) is 0 Å². The first-order valence-corrected chi connectivity index (χ1v) is 4.91. The molecule has 1 fully saturated rings. The van der Waals surface area contributed by atoms with Gasteiger partial charge in [-0.15, -0.1) is 0 Å². The van der Waals surface area contributed by atoms with Crippen molar-refractivity contribution < 1.29 is 15.1 Å². The molecular weight excluding hydrogens is 198 g/mol. The molecule has 0 bridgehead atoms. The SMILES string of the molecule is CC1(O)CCN(C(=O)CC(N)=NO)CC1. The van der Waals surface area contributed by atoms with E-state index in [0.717, 1.165) is 0 Å². The van der Waals surface area contributed by atoms with Gasteiger partial charge in [-0.25, -0.2) is 0 Å². The van der Waals surface area contributed by atoms with Gasteiger partial charge in [0.05, 0.1) is 12.0 Å². The molecule has 6 nitrogen and oxygen atoms in total. The molecule has 1 rings (SSSR count). The third-order valence-corrected chi connectivity index (χ3v) is 2.65. The van der Waals surface area contributed by atoms with Crippen molar-refractivity contribution in [3.05, 3.63) is 0 Å². The molecule has 15 heavy (non-hydrogen) atoms. The number of carbonyl (C=O) groups is 1. The van der Waals surface area contributed by atoms with Crippen LogP contribution in [0.2, 0.25) is 0 Å². The van der Waals surface area contributed by atoms with Gasteiger partial charge in [0.15, 0.2) is 0 Å². The Balaban J connectivity index is 2.43. The van der Waals surface area contributed by atoms with Crippen molar-refractivity contribution in [1.29, 1.82) is 0 Å². The largest absolute Gasteiger partial charge is 0.409 e. The van der Waals surface area contributed by atoms with Gasteiger partial charge in [0.25, 0.3) is 0 Å². The molecule has 0 aromatic rings. The molecule has 0 radical (unpaired) electrons. The van der Waals surface area contributed by atoms with Gasteiger partial charge >= 0.3 is 0 Å². The summed E-state index contributed by atoms with van der Waals surface area (Å²) in [6.45, 7) is 2.80. The van der Waals surface area contributed by atoms with Crippen LogP contribution in [0.4, 0.5) is 0 Å². The summed E-state index contributed by atoms with van der Waals surface area (Å²) >= 11 is 0. The van der Waals surface area contributed by atoms with Crippen molar-refractivity contribution in [2.45, 2.75) is 31.8 Å². The van der Waals surface area contributed by atoms with Crippen LogP contribution in [0.25, 0.3) is 0 Å². The molecule has 0 aromatic carbocycles. The number of amides is 1. The van der Waals surface area contributed by atoms with Gasteiger partial charge in [0.1, 0.15) is 5.84 Å². The van der Waals surface area contributed by atoms with Crippen LogP contribution < -0.4 is 5.73 Å². The van der Waals surface area contributed by atoms with Crippen molar-refractivity contribution in [1.82, 2.24) is 4.90 Å². The van der Waals surface area contributed by atoms with Crippen molar-refractivity contribution >= 4 is 11.7 Å². The second kappa shape index (κ2) is 4.48. The summed E-state index contributed by atoms with van der Waals surface area (Å²) in [5, 5.41) is 20.7. The maximum atomic E-state index is 11.6. The van der Waals surface area contributed by atoms with Crippen LogP contribution >= 0.6 is 0 Å². The molecule has 1 heterocycles. The maximum Gasteiger partial charge on any atom is 0.230 e. The Morgan fingerprint density at radius 1 is 1.53 bits per heavy atom. The molecule has 1 aliphatic rings.